The molecule has 2 aromatic rings. The van der Waals surface area contributed by atoms with Gasteiger partial charge in [0.15, 0.2) is 5.11 Å². The van der Waals surface area contributed by atoms with Crippen LogP contribution in [-0.2, 0) is 4.74 Å². The molecule has 0 fully saturated rings. The lowest BCUT2D eigenvalue weighted by molar-refractivity contribution is 0.0527. The van der Waals surface area contributed by atoms with Gasteiger partial charge in [-0.25, -0.2) is 4.79 Å². The zero-order valence-corrected chi connectivity index (χ0v) is 19.7. The molecule has 11 heteroatoms. The number of rotatable bonds is 7. The van der Waals surface area contributed by atoms with Crippen molar-refractivity contribution in [3.8, 4) is 5.75 Å². The highest BCUT2D eigenvalue weighted by Crippen LogP contribution is 2.30. The van der Waals surface area contributed by atoms with Crippen molar-refractivity contribution in [1.82, 2.24) is 10.6 Å². The van der Waals surface area contributed by atoms with Crippen LogP contribution in [0.15, 0.2) is 48.5 Å². The van der Waals surface area contributed by atoms with Gasteiger partial charge in [0, 0.05) is 0 Å². The van der Waals surface area contributed by atoms with Crippen LogP contribution in [0.3, 0.4) is 0 Å². The highest BCUT2D eigenvalue weighted by molar-refractivity contribution is 7.80. The van der Waals surface area contributed by atoms with Crippen molar-refractivity contribution in [2.24, 2.45) is 0 Å². The van der Waals surface area contributed by atoms with Gasteiger partial charge in [-0.15, -0.1) is 0 Å². The maximum Gasteiger partial charge on any atom is 0.340 e. The van der Waals surface area contributed by atoms with Gasteiger partial charge in [-0.2, -0.15) is 0 Å². The minimum absolute atomic E-state index is 0.00778. The molecule has 31 heavy (non-hydrogen) atoms. The molecule has 0 saturated carbocycles. The van der Waals surface area contributed by atoms with Gasteiger partial charge in [0.2, 0.25) is 3.79 Å². The summed E-state index contributed by atoms with van der Waals surface area (Å²) in [5.74, 6) is -0.709. The summed E-state index contributed by atoms with van der Waals surface area (Å²) in [6, 6.07) is 13.2. The first kappa shape index (κ1) is 25.0. The van der Waals surface area contributed by atoms with Crippen LogP contribution in [0.1, 0.15) is 27.6 Å². The van der Waals surface area contributed by atoms with Crippen LogP contribution in [0.4, 0.5) is 5.69 Å². The molecule has 2 aromatic carbocycles. The van der Waals surface area contributed by atoms with Crippen LogP contribution in [0, 0.1) is 0 Å². The van der Waals surface area contributed by atoms with Gasteiger partial charge in [-0.1, -0.05) is 59.1 Å². The number of hydrogen-bond donors (Lipinski definition) is 3. The average molecular weight is 505 g/mol. The fourth-order valence-electron chi connectivity index (χ4n) is 2.51. The van der Waals surface area contributed by atoms with Gasteiger partial charge < -0.3 is 25.4 Å². The van der Waals surface area contributed by atoms with Crippen LogP contribution in [0.25, 0.3) is 0 Å². The van der Waals surface area contributed by atoms with Crippen LogP contribution in [0.5, 0.6) is 5.75 Å². The summed E-state index contributed by atoms with van der Waals surface area (Å²) < 4.78 is 8.27. The van der Waals surface area contributed by atoms with Gasteiger partial charge in [-0.3, -0.25) is 4.79 Å². The van der Waals surface area contributed by atoms with E-state index in [0.717, 1.165) is 0 Å². The maximum absolute atomic E-state index is 12.7. The van der Waals surface area contributed by atoms with Crippen molar-refractivity contribution >= 4 is 69.7 Å². The molecule has 3 N–H and O–H groups in total. The number of ether oxygens (including phenoxy) is 2. The number of para-hydroxylation sites is 2. The van der Waals surface area contributed by atoms with E-state index in [2.05, 4.69) is 16.0 Å². The van der Waals surface area contributed by atoms with Crippen LogP contribution in [0.2, 0.25) is 0 Å². The second-order valence-electron chi connectivity index (χ2n) is 6.01. The van der Waals surface area contributed by atoms with Crippen LogP contribution < -0.4 is 20.7 Å². The molecule has 0 radical (unpaired) electrons. The summed E-state index contributed by atoms with van der Waals surface area (Å²) in [6.45, 7) is 1.93. The Hall–Kier alpha value is -2.26. The molecule has 0 aliphatic heterocycles. The van der Waals surface area contributed by atoms with Crippen LogP contribution in [-0.4, -0.2) is 40.7 Å². The van der Waals surface area contributed by atoms with E-state index in [-0.39, 0.29) is 22.8 Å². The predicted octanol–water partition coefficient (Wildman–Crippen LogP) is 4.28. The summed E-state index contributed by atoms with van der Waals surface area (Å²) in [5, 5.41) is 8.18. The number of nitrogens with one attached hydrogen (secondary N) is 3. The minimum Gasteiger partial charge on any atom is -0.496 e. The number of esters is 1. The topological polar surface area (TPSA) is 88.7 Å². The van der Waals surface area contributed by atoms with E-state index in [1.807, 2.05) is 0 Å². The van der Waals surface area contributed by atoms with E-state index in [1.165, 1.54) is 7.11 Å². The van der Waals surface area contributed by atoms with Crippen molar-refractivity contribution in [2.45, 2.75) is 16.9 Å². The minimum atomic E-state index is -1.95. The second-order valence-corrected chi connectivity index (χ2v) is 8.79. The Morgan fingerprint density at radius 3 is 2.26 bits per heavy atom. The largest absolute Gasteiger partial charge is 0.496 e. The van der Waals surface area contributed by atoms with Gasteiger partial charge in [0.05, 0.1) is 30.5 Å². The van der Waals surface area contributed by atoms with Crippen LogP contribution >= 0.6 is 47.0 Å². The van der Waals surface area contributed by atoms with Crippen molar-refractivity contribution in [2.75, 3.05) is 19.0 Å². The zero-order valence-electron chi connectivity index (χ0n) is 16.6. The SMILES string of the molecule is CCOC(=O)c1ccccc1NC(=S)NC(NC(=O)c1ccccc1OC)C(Cl)(Cl)Cl. The van der Waals surface area contributed by atoms with Gasteiger partial charge in [-0.05, 0) is 43.4 Å². The molecule has 0 bridgehead atoms. The van der Waals surface area contributed by atoms with E-state index in [0.29, 0.717) is 11.4 Å². The first-order valence-electron chi connectivity index (χ1n) is 9.01. The van der Waals surface area contributed by atoms with Crippen molar-refractivity contribution in [3.05, 3.63) is 59.7 Å². The lowest BCUT2D eigenvalue weighted by Gasteiger charge is -2.28. The summed E-state index contributed by atoms with van der Waals surface area (Å²) in [7, 11) is 1.44. The Balaban J connectivity index is 2.16. The molecular formula is C20H20Cl3N3O4S. The Bertz CT molecular complexity index is 953. The van der Waals surface area contributed by atoms with Crippen molar-refractivity contribution in [3.63, 3.8) is 0 Å². The lowest BCUT2D eigenvalue weighted by atomic mass is 10.2. The number of carbonyl (C=O) groups excluding carboxylic acids is 2. The molecule has 0 heterocycles. The molecule has 0 aromatic heterocycles. The summed E-state index contributed by atoms with van der Waals surface area (Å²) in [5.41, 5.74) is 0.909. The number of carbonyl (C=O) groups is 2. The standard InChI is InChI=1S/C20H20Cl3N3O4S/c1-3-30-17(28)12-8-4-6-10-14(12)24-19(31)26-18(20(21,22)23)25-16(27)13-9-5-7-11-15(13)29-2/h4-11,18H,3H2,1-2H3,(H,25,27)(H2,24,26,31). The Kier molecular flexibility index (Phi) is 9.18. The molecule has 1 unspecified atom stereocenters. The lowest BCUT2D eigenvalue weighted by Crippen LogP contribution is -2.56. The number of halogens is 3. The molecule has 1 amide bonds. The molecular weight excluding hydrogens is 485 g/mol. The summed E-state index contributed by atoms with van der Waals surface area (Å²) in [4.78, 5) is 24.8. The monoisotopic (exact) mass is 503 g/mol. The fraction of sp³-hybridized carbons (Fsp3) is 0.250. The van der Waals surface area contributed by atoms with Gasteiger partial charge in [0.25, 0.3) is 5.91 Å². The first-order valence-corrected chi connectivity index (χ1v) is 10.6. The summed E-state index contributed by atoms with van der Waals surface area (Å²) >= 11 is 23.4. The molecule has 1 atom stereocenters. The highest BCUT2D eigenvalue weighted by atomic mass is 35.6. The zero-order chi connectivity index (χ0) is 23.0. The second kappa shape index (κ2) is 11.4. The van der Waals surface area contributed by atoms with Crippen molar-refractivity contribution in [1.29, 1.82) is 0 Å². The Morgan fingerprint density at radius 2 is 1.65 bits per heavy atom. The third-order valence-corrected chi connectivity index (χ3v) is 4.77. The number of hydrogen-bond acceptors (Lipinski definition) is 5. The number of thiocarbonyl (C=S) groups is 1. The van der Waals surface area contributed by atoms with E-state index < -0.39 is 21.8 Å². The Labute approximate surface area is 200 Å². The molecule has 166 valence electrons. The molecule has 7 nitrogen and oxygen atoms in total. The van der Waals surface area contributed by atoms with E-state index in [1.54, 1.807) is 55.5 Å². The quantitative estimate of drug-likeness (QED) is 0.224. The third kappa shape index (κ3) is 7.14. The van der Waals surface area contributed by atoms with Gasteiger partial charge in [0.1, 0.15) is 11.9 Å². The maximum atomic E-state index is 12.7. The highest BCUT2D eigenvalue weighted by Gasteiger charge is 2.35. The molecule has 2 rings (SSSR count). The smallest absolute Gasteiger partial charge is 0.340 e. The van der Waals surface area contributed by atoms with Crippen molar-refractivity contribution < 1.29 is 19.1 Å². The average Bonchev–Trinajstić information content (AvgIpc) is 2.73. The number of amides is 1. The summed E-state index contributed by atoms with van der Waals surface area (Å²) in [6.07, 6.45) is -1.20. The predicted molar refractivity (Wildman–Crippen MR) is 126 cm³/mol. The number of alkyl halides is 3. The molecule has 0 saturated heterocycles. The number of methoxy groups -OCH3 is 1. The fourth-order valence-corrected chi connectivity index (χ4v) is 3.06. The first-order chi connectivity index (χ1) is 14.7. The molecule has 0 aliphatic carbocycles. The molecule has 0 spiro atoms. The Morgan fingerprint density at radius 1 is 1.03 bits per heavy atom. The van der Waals surface area contributed by atoms with Gasteiger partial charge >= 0.3 is 5.97 Å². The normalized spacial score (nSPS) is 11.8. The number of anilines is 1. The third-order valence-electron chi connectivity index (χ3n) is 3.90. The van der Waals surface area contributed by atoms with E-state index in [4.69, 9.17) is 56.5 Å². The van der Waals surface area contributed by atoms with E-state index in [9.17, 15) is 9.59 Å². The molecule has 0 aliphatic rings. The van der Waals surface area contributed by atoms with E-state index >= 15 is 0 Å². The number of benzene rings is 2.